The van der Waals surface area contributed by atoms with Gasteiger partial charge in [0.15, 0.2) is 0 Å². The summed E-state index contributed by atoms with van der Waals surface area (Å²) in [5.74, 6) is 2.55. The van der Waals surface area contributed by atoms with Crippen LogP contribution in [0.2, 0.25) is 0 Å². The van der Waals surface area contributed by atoms with Crippen molar-refractivity contribution in [3.63, 3.8) is 0 Å². The van der Waals surface area contributed by atoms with Crippen LogP contribution >= 0.6 is 0 Å². The summed E-state index contributed by atoms with van der Waals surface area (Å²) in [5, 5.41) is 0. The summed E-state index contributed by atoms with van der Waals surface area (Å²) < 4.78 is 0. The van der Waals surface area contributed by atoms with Crippen molar-refractivity contribution in [2.75, 3.05) is 0 Å². The summed E-state index contributed by atoms with van der Waals surface area (Å²) in [6, 6.07) is 0. The summed E-state index contributed by atoms with van der Waals surface area (Å²) in [6.07, 6.45) is 2.24. The molecule has 0 N–H and O–H groups in total. The monoisotopic (exact) mass is 198 g/mol. The molecule has 0 spiro atoms. The Labute approximate surface area is 98.4 Å². The van der Waals surface area contributed by atoms with E-state index in [4.69, 9.17) is 0 Å². The number of Topliss-reactive ketones (excluding diaryl/α,β-unsaturated/α-hetero) is 1. The second-order valence-corrected chi connectivity index (χ2v) is 4.89. The van der Waals surface area contributed by atoms with E-state index in [1.165, 1.54) is 6.42 Å². The van der Waals surface area contributed by atoms with Crippen molar-refractivity contribution >= 4 is 35.4 Å². The molecule has 5 heteroatoms. The number of hydrogen-bond acceptors (Lipinski definition) is 1. The molecule has 0 bridgehead atoms. The van der Waals surface area contributed by atoms with Gasteiger partial charge in [-0.1, -0.05) is 20.8 Å². The first kappa shape index (κ1) is 14.9. The van der Waals surface area contributed by atoms with Crippen molar-refractivity contribution in [2.45, 2.75) is 40.0 Å². The molecule has 0 aromatic carbocycles. The maximum atomic E-state index is 11.0. The molecule has 0 aromatic rings. The Balaban J connectivity index is 0.000000423. The molecule has 1 aliphatic carbocycles. The summed E-state index contributed by atoms with van der Waals surface area (Å²) in [4.78, 5) is 11.0. The van der Waals surface area contributed by atoms with E-state index >= 15 is 0 Å². The highest BCUT2D eigenvalue weighted by atomic mass is 16.1. The molecule has 1 aliphatic rings. The third kappa shape index (κ3) is 7.81. The lowest BCUT2D eigenvalue weighted by atomic mass is 9.08. The molecule has 0 aliphatic heterocycles. The number of hydrogen-bond donors (Lipinski definition) is 0. The quantitative estimate of drug-likeness (QED) is 0.607. The van der Waals surface area contributed by atoms with Gasteiger partial charge in [-0.25, -0.2) is 0 Å². The molecule has 76 valence electrons. The zero-order valence-corrected chi connectivity index (χ0v) is 10.1. The van der Waals surface area contributed by atoms with E-state index in [1.807, 2.05) is 0 Å². The smallest absolute Gasteiger partial charge is 0.133 e. The summed E-state index contributed by atoms with van der Waals surface area (Å²) >= 11 is 0. The van der Waals surface area contributed by atoms with E-state index in [9.17, 15) is 4.79 Å². The van der Waals surface area contributed by atoms with Gasteiger partial charge < -0.3 is 0 Å². The average molecular weight is 198 g/mol. The molecule has 1 rings (SSSR count). The van der Waals surface area contributed by atoms with E-state index in [2.05, 4.69) is 44.0 Å². The second kappa shape index (κ2) is 7.24. The first-order chi connectivity index (χ1) is 6.82. The Hall–Kier alpha value is -0.0703. The van der Waals surface area contributed by atoms with Gasteiger partial charge in [-0.05, 0) is 24.2 Å². The first-order valence-corrected chi connectivity index (χ1v) is 5.61. The molecule has 2 atom stereocenters. The fourth-order valence-corrected chi connectivity index (χ4v) is 2.02. The number of carbonyl (C=O) groups is 1. The summed E-state index contributed by atoms with van der Waals surface area (Å²) in [7, 11) is 14.0. The van der Waals surface area contributed by atoms with Crippen LogP contribution in [-0.2, 0) is 4.79 Å². The van der Waals surface area contributed by atoms with Crippen LogP contribution in [0.3, 0.4) is 0 Å². The van der Waals surface area contributed by atoms with Gasteiger partial charge in [-0.3, -0.25) is 4.79 Å². The molecule has 15 heavy (non-hydrogen) atoms. The van der Waals surface area contributed by atoms with Gasteiger partial charge in [-0.2, -0.15) is 0 Å². The second-order valence-electron chi connectivity index (χ2n) is 4.89. The Kier molecular flexibility index (Phi) is 7.21. The Morgan fingerprint density at radius 3 is 2.07 bits per heavy atom. The molecule has 1 saturated carbocycles. The van der Waals surface area contributed by atoms with E-state index in [1.54, 1.807) is 0 Å². The lowest BCUT2D eigenvalue weighted by Crippen LogP contribution is -2.11. The van der Waals surface area contributed by atoms with E-state index in [0.29, 0.717) is 17.6 Å². The topological polar surface area (TPSA) is 17.1 Å². The van der Waals surface area contributed by atoms with E-state index < -0.39 is 6.39 Å². The Bertz CT molecular complexity index is 191. The molecule has 0 heterocycles. The minimum absolute atomic E-state index is 0.475. The van der Waals surface area contributed by atoms with Crippen LogP contribution in [0.5, 0.6) is 0 Å². The summed E-state index contributed by atoms with van der Waals surface area (Å²) in [6.45, 7) is 6.67. The van der Waals surface area contributed by atoms with Gasteiger partial charge in [0.2, 0.25) is 0 Å². The van der Waals surface area contributed by atoms with Crippen LogP contribution in [0.25, 0.3) is 0 Å². The molecule has 1 nitrogen and oxygen atoms in total. The number of carbonyl (C=O) groups excluding carboxylic acids is 1. The highest BCUT2D eigenvalue weighted by Crippen LogP contribution is 2.33. The largest absolute Gasteiger partial charge is 0.300 e. The normalized spacial score (nSPS) is 24.9. The van der Waals surface area contributed by atoms with Crippen molar-refractivity contribution in [1.82, 2.24) is 0 Å². The Morgan fingerprint density at radius 1 is 1.33 bits per heavy atom. The highest BCUT2D eigenvalue weighted by molar-refractivity contribution is 7.49. The van der Waals surface area contributed by atoms with Gasteiger partial charge in [0.05, 0.1) is 0 Å². The molecule has 6 radical (unpaired) electrons. The molecule has 0 saturated heterocycles. The molecule has 2 unspecified atom stereocenters. The van der Waals surface area contributed by atoms with Crippen molar-refractivity contribution in [1.29, 1.82) is 0 Å². The maximum absolute atomic E-state index is 11.0. The zero-order valence-electron chi connectivity index (χ0n) is 10.1. The number of ketones is 1. The van der Waals surface area contributed by atoms with Crippen LogP contribution in [0.1, 0.15) is 40.0 Å². The van der Waals surface area contributed by atoms with Gasteiger partial charge in [0.25, 0.3) is 0 Å². The minimum Gasteiger partial charge on any atom is -0.300 e. The van der Waals surface area contributed by atoms with Crippen LogP contribution in [-0.4, -0.2) is 35.4 Å². The standard InChI is InChI=1S/C10H18O.B4/c1-7(2)4-9-6-10(11)5-8(9)3;1-4(2)3/h7-9H,4-6H2,1-3H3;. The third-order valence-corrected chi connectivity index (χ3v) is 2.62. The van der Waals surface area contributed by atoms with Crippen LogP contribution in [0.4, 0.5) is 0 Å². The summed E-state index contributed by atoms with van der Waals surface area (Å²) in [5.41, 5.74) is 0. The fraction of sp³-hybridized carbons (Fsp3) is 0.900. The first-order valence-electron chi connectivity index (χ1n) is 5.61. The van der Waals surface area contributed by atoms with Crippen LogP contribution in [0, 0.1) is 17.8 Å². The fourth-order valence-electron chi connectivity index (χ4n) is 2.02. The van der Waals surface area contributed by atoms with Gasteiger partial charge in [0.1, 0.15) is 5.78 Å². The van der Waals surface area contributed by atoms with Crippen molar-refractivity contribution < 1.29 is 4.79 Å². The molecular weight excluding hydrogens is 179 g/mol. The SMILES string of the molecule is CC(C)CC1CC(=O)CC1C.[B]B([B])[B]. The predicted molar refractivity (Wildman–Crippen MR) is 69.4 cm³/mol. The number of rotatable bonds is 2. The Morgan fingerprint density at radius 2 is 1.80 bits per heavy atom. The van der Waals surface area contributed by atoms with Gasteiger partial charge in [0, 0.05) is 42.4 Å². The zero-order chi connectivity index (χ0) is 12.0. The van der Waals surface area contributed by atoms with E-state index in [0.717, 1.165) is 18.8 Å². The third-order valence-electron chi connectivity index (χ3n) is 2.62. The molecule has 0 amide bonds. The van der Waals surface area contributed by atoms with Crippen molar-refractivity contribution in [3.8, 4) is 0 Å². The van der Waals surface area contributed by atoms with E-state index in [-0.39, 0.29) is 0 Å². The van der Waals surface area contributed by atoms with Gasteiger partial charge in [-0.15, -0.1) is 0 Å². The molecular formula is C10H18B4O. The molecule has 0 aromatic heterocycles. The maximum Gasteiger partial charge on any atom is 0.133 e. The van der Waals surface area contributed by atoms with Crippen molar-refractivity contribution in [2.24, 2.45) is 17.8 Å². The minimum atomic E-state index is -0.667. The average Bonchev–Trinajstić information content (AvgIpc) is 2.27. The highest BCUT2D eigenvalue weighted by Gasteiger charge is 2.29. The lowest BCUT2D eigenvalue weighted by molar-refractivity contribution is -0.117. The van der Waals surface area contributed by atoms with Crippen molar-refractivity contribution in [3.05, 3.63) is 0 Å². The molecule has 1 fully saturated rings. The van der Waals surface area contributed by atoms with Crippen LogP contribution < -0.4 is 0 Å². The predicted octanol–water partition coefficient (Wildman–Crippen LogP) is 1.12. The van der Waals surface area contributed by atoms with Gasteiger partial charge >= 0.3 is 0 Å². The lowest BCUT2D eigenvalue weighted by Gasteiger charge is -2.15. The van der Waals surface area contributed by atoms with Crippen LogP contribution in [0.15, 0.2) is 0 Å².